The molecule has 0 fully saturated rings. The summed E-state index contributed by atoms with van der Waals surface area (Å²) in [7, 11) is -3.09. The molecule has 6 rings (SSSR count). The molecule has 0 aliphatic rings. The van der Waals surface area contributed by atoms with E-state index >= 15 is 0 Å². The summed E-state index contributed by atoms with van der Waals surface area (Å²) >= 11 is 0. The summed E-state index contributed by atoms with van der Waals surface area (Å²) in [6.45, 7) is 0. The van der Waals surface area contributed by atoms with Crippen molar-refractivity contribution in [1.82, 2.24) is 0 Å². The molecule has 6 aromatic rings. The first-order valence-corrected chi connectivity index (χ1v) is 15.4. The lowest BCUT2D eigenvalue weighted by atomic mass is 10.1. The lowest BCUT2D eigenvalue weighted by Crippen LogP contribution is -2.10. The quantitative estimate of drug-likeness (QED) is 0.0442. The van der Waals surface area contributed by atoms with Gasteiger partial charge in [0.15, 0.2) is 5.78 Å². The van der Waals surface area contributed by atoms with Crippen LogP contribution in [0, 0.1) is 0 Å². The predicted octanol–water partition coefficient (Wildman–Crippen LogP) is 11.3. The number of rotatable bonds is 12. The molecular formula is C41H31BF2N2O2. The van der Waals surface area contributed by atoms with E-state index in [2.05, 4.69) is 9.80 Å². The van der Waals surface area contributed by atoms with Crippen LogP contribution in [0.4, 0.5) is 42.8 Å². The van der Waals surface area contributed by atoms with Crippen LogP contribution in [0.5, 0.6) is 0 Å². The predicted molar refractivity (Wildman–Crippen MR) is 193 cm³/mol. The van der Waals surface area contributed by atoms with Gasteiger partial charge in [-0.2, -0.15) is 0 Å². The molecule has 0 aliphatic heterocycles. The van der Waals surface area contributed by atoms with Crippen molar-refractivity contribution in [3.63, 3.8) is 0 Å². The number of carbonyl (C=O) groups excluding carboxylic acids is 1. The Morgan fingerprint density at radius 3 is 1.23 bits per heavy atom. The smallest absolute Gasteiger partial charge is 0.505 e. The Labute approximate surface area is 279 Å². The summed E-state index contributed by atoms with van der Waals surface area (Å²) in [6.07, 6.45) is 4.11. The number of carbonyl (C=O) groups is 1. The molecule has 0 aliphatic carbocycles. The first-order chi connectivity index (χ1) is 23.5. The van der Waals surface area contributed by atoms with Crippen LogP contribution in [0.1, 0.15) is 15.9 Å². The zero-order valence-electron chi connectivity index (χ0n) is 25.9. The molecule has 0 saturated heterocycles. The Hall–Kier alpha value is -6.21. The third kappa shape index (κ3) is 7.95. The molecule has 48 heavy (non-hydrogen) atoms. The molecule has 0 saturated carbocycles. The fraction of sp³-hybridized carbons (Fsp3) is 0. The minimum absolute atomic E-state index is 0.242. The molecule has 0 spiro atoms. The van der Waals surface area contributed by atoms with Gasteiger partial charge in [0.25, 0.3) is 0 Å². The molecule has 4 nitrogen and oxygen atoms in total. The van der Waals surface area contributed by atoms with E-state index < -0.39 is 13.3 Å². The van der Waals surface area contributed by atoms with Crippen molar-refractivity contribution in [2.45, 2.75) is 0 Å². The van der Waals surface area contributed by atoms with Gasteiger partial charge in [-0.15, -0.1) is 0 Å². The van der Waals surface area contributed by atoms with Gasteiger partial charge in [0, 0.05) is 45.8 Å². The van der Waals surface area contributed by atoms with Crippen LogP contribution >= 0.6 is 0 Å². The molecule has 0 bridgehead atoms. The average Bonchev–Trinajstić information content (AvgIpc) is 3.13. The van der Waals surface area contributed by atoms with Crippen molar-refractivity contribution in [1.29, 1.82) is 0 Å². The molecule has 7 heteroatoms. The third-order valence-electron chi connectivity index (χ3n) is 7.56. The fourth-order valence-electron chi connectivity index (χ4n) is 5.33. The second-order valence-electron chi connectivity index (χ2n) is 10.8. The standard InChI is InChI=1S/C41H31BF2N2O2/c43-42(44)48-40(30-23-32-21-26-38(27-22-32)45(34-13-5-1-6-14-34)35-15-7-2-8-16-35)31-41(47)33-24-28-39(29-25-33)46(36-17-9-3-10-18-36)37-19-11-4-12-20-37/h1-31H/b30-23+,40-31-. The largest absolute Gasteiger partial charge is 0.796 e. The molecule has 0 unspecified atom stereocenters. The minimum atomic E-state index is -3.09. The molecule has 0 N–H and O–H groups in total. The molecule has 0 amide bonds. The van der Waals surface area contributed by atoms with Crippen molar-refractivity contribution >= 4 is 53.5 Å². The Balaban J connectivity index is 1.22. The van der Waals surface area contributed by atoms with E-state index in [1.165, 1.54) is 6.08 Å². The highest BCUT2D eigenvalue weighted by Gasteiger charge is 2.19. The van der Waals surface area contributed by atoms with Gasteiger partial charge in [-0.3, -0.25) is 4.79 Å². The van der Waals surface area contributed by atoms with Gasteiger partial charge in [0.1, 0.15) is 5.76 Å². The summed E-state index contributed by atoms with van der Waals surface area (Å²) in [6, 6.07) is 54.5. The Morgan fingerprint density at radius 1 is 0.500 bits per heavy atom. The molecular weight excluding hydrogens is 601 g/mol. The maximum atomic E-state index is 13.4. The number of allylic oxidation sites excluding steroid dienone is 2. The highest BCUT2D eigenvalue weighted by Crippen LogP contribution is 2.35. The summed E-state index contributed by atoms with van der Waals surface area (Å²) in [5.41, 5.74) is 6.79. The average molecular weight is 633 g/mol. The summed E-state index contributed by atoms with van der Waals surface area (Å²) in [5.74, 6) is -0.696. The second-order valence-corrected chi connectivity index (χ2v) is 10.8. The van der Waals surface area contributed by atoms with Gasteiger partial charge < -0.3 is 14.5 Å². The molecule has 0 radical (unpaired) electrons. The zero-order chi connectivity index (χ0) is 33.1. The lowest BCUT2D eigenvalue weighted by Gasteiger charge is -2.25. The maximum Gasteiger partial charge on any atom is 0.796 e. The van der Waals surface area contributed by atoms with Crippen LogP contribution < -0.4 is 9.80 Å². The van der Waals surface area contributed by atoms with E-state index in [-0.39, 0.29) is 5.76 Å². The van der Waals surface area contributed by atoms with Crippen LogP contribution in [-0.4, -0.2) is 13.3 Å². The number of ketones is 1. The Bertz CT molecular complexity index is 1890. The lowest BCUT2D eigenvalue weighted by molar-refractivity contribution is 0.104. The third-order valence-corrected chi connectivity index (χ3v) is 7.56. The second kappa shape index (κ2) is 15.4. The number of halogens is 2. The van der Waals surface area contributed by atoms with E-state index in [4.69, 9.17) is 4.65 Å². The van der Waals surface area contributed by atoms with Crippen molar-refractivity contribution in [2.75, 3.05) is 9.80 Å². The summed E-state index contributed by atoms with van der Waals surface area (Å²) in [4.78, 5) is 17.4. The van der Waals surface area contributed by atoms with Crippen LogP contribution in [-0.2, 0) is 4.65 Å². The van der Waals surface area contributed by atoms with Gasteiger partial charge in [-0.1, -0.05) is 91.0 Å². The van der Waals surface area contributed by atoms with Crippen molar-refractivity contribution in [3.8, 4) is 0 Å². The minimum Gasteiger partial charge on any atom is -0.505 e. The highest BCUT2D eigenvalue weighted by atomic mass is 19.2. The normalized spacial score (nSPS) is 11.2. The molecule has 0 heterocycles. The summed E-state index contributed by atoms with van der Waals surface area (Å²) < 4.78 is 31.5. The van der Waals surface area contributed by atoms with Crippen LogP contribution in [0.2, 0.25) is 0 Å². The molecule has 0 aromatic heterocycles. The Kier molecular flexibility index (Phi) is 10.2. The summed E-state index contributed by atoms with van der Waals surface area (Å²) in [5, 5.41) is 0. The first kappa shape index (κ1) is 31.8. The van der Waals surface area contributed by atoms with Crippen LogP contribution in [0.3, 0.4) is 0 Å². The van der Waals surface area contributed by atoms with Crippen LogP contribution in [0.25, 0.3) is 6.08 Å². The van der Waals surface area contributed by atoms with E-state index in [0.29, 0.717) is 5.56 Å². The number of para-hydroxylation sites is 4. The van der Waals surface area contributed by atoms with E-state index in [1.54, 1.807) is 18.2 Å². The number of benzene rings is 6. The van der Waals surface area contributed by atoms with Crippen LogP contribution in [0.15, 0.2) is 188 Å². The number of hydrogen-bond acceptors (Lipinski definition) is 4. The van der Waals surface area contributed by atoms with Crippen molar-refractivity contribution in [3.05, 3.63) is 199 Å². The van der Waals surface area contributed by atoms with Gasteiger partial charge in [-0.05, 0) is 96.6 Å². The first-order valence-electron chi connectivity index (χ1n) is 15.4. The molecule has 234 valence electrons. The number of hydrogen-bond donors (Lipinski definition) is 0. The fourth-order valence-corrected chi connectivity index (χ4v) is 5.33. The molecule has 6 aromatic carbocycles. The number of anilines is 6. The zero-order valence-corrected chi connectivity index (χ0v) is 25.9. The van der Waals surface area contributed by atoms with Gasteiger partial charge >= 0.3 is 7.47 Å². The SMILES string of the molecule is O=C(/C=C(/C=C/c1ccc(N(c2ccccc2)c2ccccc2)cc1)OB(F)F)c1ccc(N(c2ccccc2)c2ccccc2)cc1. The van der Waals surface area contributed by atoms with Crippen molar-refractivity contribution < 1.29 is 18.1 Å². The maximum absolute atomic E-state index is 13.4. The van der Waals surface area contributed by atoms with Gasteiger partial charge in [0.05, 0.1) is 0 Å². The Morgan fingerprint density at radius 2 is 0.854 bits per heavy atom. The topological polar surface area (TPSA) is 32.8 Å². The number of nitrogens with zero attached hydrogens (tertiary/aromatic N) is 2. The highest BCUT2D eigenvalue weighted by molar-refractivity contribution is 6.35. The van der Waals surface area contributed by atoms with E-state index in [9.17, 15) is 13.4 Å². The van der Waals surface area contributed by atoms with E-state index in [0.717, 1.165) is 45.8 Å². The van der Waals surface area contributed by atoms with Gasteiger partial charge in [-0.25, -0.2) is 8.63 Å². The van der Waals surface area contributed by atoms with Gasteiger partial charge in [0.2, 0.25) is 0 Å². The van der Waals surface area contributed by atoms with E-state index in [1.807, 2.05) is 158 Å². The molecule has 0 atom stereocenters. The monoisotopic (exact) mass is 632 g/mol. The van der Waals surface area contributed by atoms with Crippen molar-refractivity contribution in [2.24, 2.45) is 0 Å².